The standard InChI is InChI=1S/C18H16F3N3O/c1-17(9-8-12(10-15(17)22)18(19,20)21)24-23-16-13-5-3-2-4-11(13)6-7-14(16)25/h2-10,22-25H,1H3. The minimum absolute atomic E-state index is 0.00681. The number of hydrazine groups is 1. The van der Waals surface area contributed by atoms with Crippen molar-refractivity contribution < 1.29 is 18.3 Å². The molecule has 0 spiro atoms. The second-order valence-electron chi connectivity index (χ2n) is 5.98. The van der Waals surface area contributed by atoms with E-state index in [2.05, 4.69) is 10.9 Å². The van der Waals surface area contributed by atoms with Gasteiger partial charge in [0.2, 0.25) is 0 Å². The first-order valence-electron chi connectivity index (χ1n) is 7.52. The summed E-state index contributed by atoms with van der Waals surface area (Å²) in [5, 5.41) is 19.7. The van der Waals surface area contributed by atoms with Crippen molar-refractivity contribution in [3.63, 3.8) is 0 Å². The minimum Gasteiger partial charge on any atom is -0.506 e. The number of rotatable bonds is 3. The van der Waals surface area contributed by atoms with E-state index in [1.165, 1.54) is 12.1 Å². The third-order valence-electron chi connectivity index (χ3n) is 4.14. The van der Waals surface area contributed by atoms with Crippen molar-refractivity contribution in [1.82, 2.24) is 5.43 Å². The Morgan fingerprint density at radius 1 is 1.12 bits per heavy atom. The summed E-state index contributed by atoms with van der Waals surface area (Å²) in [4.78, 5) is 0. The Labute approximate surface area is 142 Å². The van der Waals surface area contributed by atoms with Crippen LogP contribution in [0.1, 0.15) is 6.92 Å². The van der Waals surface area contributed by atoms with Crippen LogP contribution in [0.3, 0.4) is 0 Å². The number of hydrogen-bond donors (Lipinski definition) is 4. The maximum atomic E-state index is 12.8. The fraction of sp³-hybridized carbons (Fsp3) is 0.167. The van der Waals surface area contributed by atoms with E-state index in [-0.39, 0.29) is 11.5 Å². The largest absolute Gasteiger partial charge is 0.506 e. The van der Waals surface area contributed by atoms with Crippen LogP contribution in [0.2, 0.25) is 0 Å². The van der Waals surface area contributed by atoms with Gasteiger partial charge in [0.1, 0.15) is 5.75 Å². The maximum Gasteiger partial charge on any atom is 0.416 e. The van der Waals surface area contributed by atoms with Crippen LogP contribution >= 0.6 is 0 Å². The van der Waals surface area contributed by atoms with Crippen LogP contribution < -0.4 is 10.9 Å². The van der Waals surface area contributed by atoms with Gasteiger partial charge >= 0.3 is 6.18 Å². The Hall–Kier alpha value is -2.80. The number of alkyl halides is 3. The number of allylic oxidation sites excluding steroid dienone is 2. The van der Waals surface area contributed by atoms with Crippen LogP contribution in [0, 0.1) is 5.41 Å². The van der Waals surface area contributed by atoms with E-state index in [4.69, 9.17) is 5.41 Å². The average Bonchev–Trinajstić information content (AvgIpc) is 2.55. The molecule has 1 aliphatic carbocycles. The Morgan fingerprint density at radius 3 is 2.52 bits per heavy atom. The van der Waals surface area contributed by atoms with Gasteiger partial charge in [-0.1, -0.05) is 42.5 Å². The minimum atomic E-state index is -4.49. The predicted molar refractivity (Wildman–Crippen MR) is 91.8 cm³/mol. The summed E-state index contributed by atoms with van der Waals surface area (Å²) >= 11 is 0. The van der Waals surface area contributed by atoms with E-state index in [0.717, 1.165) is 22.9 Å². The lowest BCUT2D eigenvalue weighted by Crippen LogP contribution is -2.51. The highest BCUT2D eigenvalue weighted by atomic mass is 19.4. The van der Waals surface area contributed by atoms with Gasteiger partial charge < -0.3 is 15.9 Å². The zero-order chi connectivity index (χ0) is 18.2. The van der Waals surface area contributed by atoms with E-state index in [1.54, 1.807) is 13.0 Å². The molecule has 130 valence electrons. The van der Waals surface area contributed by atoms with Crippen molar-refractivity contribution in [2.75, 3.05) is 5.43 Å². The van der Waals surface area contributed by atoms with Gasteiger partial charge in [0.25, 0.3) is 0 Å². The summed E-state index contributed by atoms with van der Waals surface area (Å²) in [6.45, 7) is 1.57. The zero-order valence-electron chi connectivity index (χ0n) is 13.3. The van der Waals surface area contributed by atoms with Gasteiger partial charge in [0.15, 0.2) is 0 Å². The van der Waals surface area contributed by atoms with Gasteiger partial charge in [-0.2, -0.15) is 13.2 Å². The Bertz CT molecular complexity index is 902. The molecule has 0 fully saturated rings. The van der Waals surface area contributed by atoms with E-state index < -0.39 is 17.3 Å². The van der Waals surface area contributed by atoms with Crippen molar-refractivity contribution in [2.45, 2.75) is 18.6 Å². The molecule has 1 atom stereocenters. The Morgan fingerprint density at radius 2 is 1.84 bits per heavy atom. The summed E-state index contributed by atoms with van der Waals surface area (Å²) in [6.07, 6.45) is -1.49. The molecule has 7 heteroatoms. The van der Waals surface area contributed by atoms with E-state index >= 15 is 0 Å². The molecular weight excluding hydrogens is 331 g/mol. The van der Waals surface area contributed by atoms with Gasteiger partial charge in [0, 0.05) is 5.39 Å². The highest BCUT2D eigenvalue weighted by Crippen LogP contribution is 2.33. The molecule has 2 aromatic carbocycles. The number of halogens is 3. The van der Waals surface area contributed by atoms with E-state index in [1.807, 2.05) is 24.3 Å². The number of aromatic hydroxyl groups is 1. The number of phenolic OH excluding ortho intramolecular Hbond substituents is 1. The van der Waals surface area contributed by atoms with Crippen LogP contribution in [0.25, 0.3) is 10.8 Å². The molecule has 4 nitrogen and oxygen atoms in total. The second-order valence-corrected chi connectivity index (χ2v) is 5.98. The van der Waals surface area contributed by atoms with Crippen molar-refractivity contribution in [3.8, 4) is 5.75 Å². The monoisotopic (exact) mass is 347 g/mol. The third kappa shape index (κ3) is 3.23. The van der Waals surface area contributed by atoms with Crippen molar-refractivity contribution in [2.24, 2.45) is 0 Å². The summed E-state index contributed by atoms with van der Waals surface area (Å²) in [5.74, 6) is -0.00681. The molecule has 0 radical (unpaired) electrons. The lowest BCUT2D eigenvalue weighted by molar-refractivity contribution is -0.0882. The lowest BCUT2D eigenvalue weighted by Gasteiger charge is -2.31. The SMILES string of the molecule is CC1(NNc2c(O)ccc3ccccc23)C=CC(C(F)(F)F)=CC1=N. The van der Waals surface area contributed by atoms with Crippen molar-refractivity contribution in [3.05, 3.63) is 60.2 Å². The molecule has 1 unspecified atom stereocenters. The van der Waals surface area contributed by atoms with E-state index in [9.17, 15) is 18.3 Å². The van der Waals surface area contributed by atoms with Crippen LogP contribution in [-0.2, 0) is 0 Å². The molecule has 0 amide bonds. The van der Waals surface area contributed by atoms with Gasteiger partial charge in [-0.3, -0.25) is 0 Å². The third-order valence-corrected chi connectivity index (χ3v) is 4.14. The Kier molecular flexibility index (Phi) is 4.04. The molecule has 0 bridgehead atoms. The number of anilines is 1. The molecule has 2 aromatic rings. The van der Waals surface area contributed by atoms with Crippen molar-refractivity contribution in [1.29, 1.82) is 5.41 Å². The van der Waals surface area contributed by atoms with Crippen LogP contribution in [0.4, 0.5) is 18.9 Å². The molecule has 3 rings (SSSR count). The smallest absolute Gasteiger partial charge is 0.416 e. The quantitative estimate of drug-likeness (QED) is 0.494. The number of phenols is 1. The average molecular weight is 347 g/mol. The number of hydrogen-bond acceptors (Lipinski definition) is 4. The maximum absolute atomic E-state index is 12.8. The molecule has 0 saturated heterocycles. The highest BCUT2D eigenvalue weighted by molar-refractivity contribution is 6.04. The summed E-state index contributed by atoms with van der Waals surface area (Å²) in [7, 11) is 0. The molecule has 25 heavy (non-hydrogen) atoms. The molecule has 4 N–H and O–H groups in total. The molecule has 0 aliphatic heterocycles. The highest BCUT2D eigenvalue weighted by Gasteiger charge is 2.37. The van der Waals surface area contributed by atoms with Gasteiger partial charge in [-0.05, 0) is 24.5 Å². The lowest BCUT2D eigenvalue weighted by atomic mass is 9.89. The van der Waals surface area contributed by atoms with Crippen LogP contribution in [-0.4, -0.2) is 22.5 Å². The summed E-state index contributed by atoms with van der Waals surface area (Å²) in [5.41, 5.74) is 3.81. The van der Waals surface area contributed by atoms with Crippen molar-refractivity contribution >= 4 is 22.2 Å². The van der Waals surface area contributed by atoms with Gasteiger partial charge in [0.05, 0.1) is 22.5 Å². The fourth-order valence-corrected chi connectivity index (χ4v) is 2.57. The zero-order valence-corrected chi connectivity index (χ0v) is 13.3. The fourth-order valence-electron chi connectivity index (χ4n) is 2.57. The van der Waals surface area contributed by atoms with E-state index in [0.29, 0.717) is 5.69 Å². The second kappa shape index (κ2) is 5.93. The van der Waals surface area contributed by atoms with Gasteiger partial charge in [-0.15, -0.1) is 0 Å². The van der Waals surface area contributed by atoms with Crippen LogP contribution in [0.5, 0.6) is 5.75 Å². The topological polar surface area (TPSA) is 68.1 Å². The summed E-state index contributed by atoms with van der Waals surface area (Å²) < 4.78 is 38.3. The normalized spacial score (nSPS) is 20.6. The Balaban J connectivity index is 1.86. The predicted octanol–water partition coefficient (Wildman–Crippen LogP) is 4.30. The van der Waals surface area contributed by atoms with Crippen LogP contribution in [0.15, 0.2) is 60.2 Å². The molecule has 0 saturated carbocycles. The summed E-state index contributed by atoms with van der Waals surface area (Å²) in [6, 6.07) is 10.7. The molecule has 0 aromatic heterocycles. The number of fused-ring (bicyclic) bond motifs is 1. The number of nitrogens with one attached hydrogen (secondary N) is 3. The molecule has 0 heterocycles. The first-order chi connectivity index (χ1) is 11.7. The number of benzene rings is 2. The molecular formula is C18H16F3N3O. The molecule has 1 aliphatic rings. The van der Waals surface area contributed by atoms with Gasteiger partial charge in [-0.25, -0.2) is 5.43 Å². The first kappa shape index (κ1) is 17.0. The first-order valence-corrected chi connectivity index (χ1v) is 7.52.